The number of nitrogens with zero attached hydrogens (tertiary/aromatic N) is 2. The molecule has 0 atom stereocenters. The molecular weight excluding hydrogens is 228 g/mol. The molecule has 0 aromatic heterocycles. The normalized spacial score (nSPS) is 19.2. The van der Waals surface area contributed by atoms with E-state index in [4.69, 9.17) is 5.84 Å². The first-order valence-electron chi connectivity index (χ1n) is 6.81. The van der Waals surface area contributed by atoms with Gasteiger partial charge < -0.3 is 4.90 Å². The van der Waals surface area contributed by atoms with E-state index < -0.39 is 5.41 Å². The van der Waals surface area contributed by atoms with Gasteiger partial charge in [-0.05, 0) is 19.8 Å². The van der Waals surface area contributed by atoms with Crippen molar-refractivity contribution in [1.29, 1.82) is 0 Å². The molecule has 3 N–H and O–H groups in total. The number of hydrogen-bond acceptors (Lipinski definition) is 4. The van der Waals surface area contributed by atoms with Gasteiger partial charge in [-0.3, -0.25) is 15.1 Å². The van der Waals surface area contributed by atoms with Gasteiger partial charge in [-0.1, -0.05) is 13.8 Å². The summed E-state index contributed by atoms with van der Waals surface area (Å²) < 4.78 is 0. The molecule has 0 aromatic carbocycles. The van der Waals surface area contributed by atoms with E-state index in [1.165, 1.54) is 6.54 Å². The third kappa shape index (κ3) is 4.55. The van der Waals surface area contributed by atoms with Crippen LogP contribution in [-0.4, -0.2) is 55.0 Å². The molecule has 1 rings (SSSR count). The van der Waals surface area contributed by atoms with Crippen LogP contribution in [0.3, 0.4) is 0 Å². The maximum Gasteiger partial charge on any atom is 0.240 e. The fourth-order valence-corrected chi connectivity index (χ4v) is 2.47. The molecule has 5 heteroatoms. The quantitative estimate of drug-likeness (QED) is 0.421. The lowest BCUT2D eigenvalue weighted by Crippen LogP contribution is -2.53. The van der Waals surface area contributed by atoms with Crippen molar-refractivity contribution in [2.45, 2.75) is 27.7 Å². The Hall–Kier alpha value is -0.650. The van der Waals surface area contributed by atoms with Gasteiger partial charge in [0.2, 0.25) is 5.91 Å². The van der Waals surface area contributed by atoms with Gasteiger partial charge in [-0.15, -0.1) is 0 Å². The van der Waals surface area contributed by atoms with Gasteiger partial charge in [0, 0.05) is 39.3 Å². The van der Waals surface area contributed by atoms with Crippen LogP contribution >= 0.6 is 0 Å². The first-order valence-corrected chi connectivity index (χ1v) is 6.81. The minimum Gasteiger partial charge on any atom is -0.301 e. The molecule has 0 unspecified atom stereocenters. The summed E-state index contributed by atoms with van der Waals surface area (Å²) in [6.45, 7) is 14.6. The number of hydrogen-bond donors (Lipinski definition) is 2. The van der Waals surface area contributed by atoms with Gasteiger partial charge in [-0.25, -0.2) is 5.84 Å². The molecule has 0 spiro atoms. The molecule has 1 heterocycles. The highest BCUT2D eigenvalue weighted by atomic mass is 16.2. The molecule has 18 heavy (non-hydrogen) atoms. The number of amides is 1. The van der Waals surface area contributed by atoms with E-state index in [1.807, 2.05) is 13.8 Å². The highest BCUT2D eigenvalue weighted by molar-refractivity contribution is 5.81. The number of carbonyl (C=O) groups excluding carboxylic acids is 1. The fraction of sp³-hybridized carbons (Fsp3) is 0.923. The third-order valence-electron chi connectivity index (χ3n) is 3.45. The van der Waals surface area contributed by atoms with Crippen LogP contribution in [0.25, 0.3) is 0 Å². The molecule has 1 aliphatic heterocycles. The maximum absolute atomic E-state index is 11.6. The summed E-state index contributed by atoms with van der Waals surface area (Å²) in [4.78, 5) is 16.5. The molecule has 106 valence electrons. The van der Waals surface area contributed by atoms with Gasteiger partial charge in [0.1, 0.15) is 0 Å². The molecule has 0 aliphatic carbocycles. The summed E-state index contributed by atoms with van der Waals surface area (Å²) in [6.07, 6.45) is 0. The summed E-state index contributed by atoms with van der Waals surface area (Å²) in [5.74, 6) is 5.84. The van der Waals surface area contributed by atoms with E-state index >= 15 is 0 Å². The maximum atomic E-state index is 11.6. The Bertz CT molecular complexity index is 270. The lowest BCUT2D eigenvalue weighted by atomic mass is 9.91. The van der Waals surface area contributed by atoms with Crippen LogP contribution < -0.4 is 11.3 Å². The van der Waals surface area contributed by atoms with Gasteiger partial charge in [-0.2, -0.15) is 0 Å². The van der Waals surface area contributed by atoms with Crippen LogP contribution in [0.2, 0.25) is 0 Å². The van der Waals surface area contributed by atoms with Crippen molar-refractivity contribution in [1.82, 2.24) is 15.2 Å². The average Bonchev–Trinajstić information content (AvgIpc) is 2.29. The molecule has 0 radical (unpaired) electrons. The third-order valence-corrected chi connectivity index (χ3v) is 3.45. The van der Waals surface area contributed by atoms with Gasteiger partial charge in [0.15, 0.2) is 0 Å². The van der Waals surface area contributed by atoms with E-state index in [2.05, 4.69) is 29.1 Å². The molecule has 1 fully saturated rings. The van der Waals surface area contributed by atoms with Crippen LogP contribution in [0.5, 0.6) is 0 Å². The van der Waals surface area contributed by atoms with Crippen LogP contribution in [-0.2, 0) is 4.79 Å². The molecule has 5 nitrogen and oxygen atoms in total. The number of carbonyl (C=O) groups is 1. The molecule has 0 saturated carbocycles. The minimum atomic E-state index is -0.422. The average molecular weight is 256 g/mol. The predicted molar refractivity (Wildman–Crippen MR) is 73.8 cm³/mol. The van der Waals surface area contributed by atoms with Crippen molar-refractivity contribution in [2.75, 3.05) is 39.3 Å². The smallest absolute Gasteiger partial charge is 0.240 e. The second-order valence-corrected chi connectivity index (χ2v) is 6.33. The van der Waals surface area contributed by atoms with Crippen LogP contribution in [0.1, 0.15) is 27.7 Å². The number of hydrazine groups is 1. The SMILES string of the molecule is CC(C)CN1CCN(CC(C)(C)C(=O)NN)CC1. The Morgan fingerprint density at radius 1 is 1.22 bits per heavy atom. The standard InChI is InChI=1S/C13H28N4O/c1-11(2)9-16-5-7-17(8-6-16)10-13(3,4)12(18)15-14/h11H,5-10,14H2,1-4H3,(H,15,18). The zero-order chi connectivity index (χ0) is 13.8. The molecule has 0 aromatic rings. The van der Waals surface area contributed by atoms with E-state index in [0.717, 1.165) is 38.6 Å². The molecule has 1 saturated heterocycles. The first-order chi connectivity index (χ1) is 8.35. The minimum absolute atomic E-state index is 0.0906. The molecule has 1 aliphatic rings. The second kappa shape index (κ2) is 6.50. The van der Waals surface area contributed by atoms with Crippen LogP contribution in [0.15, 0.2) is 0 Å². The summed E-state index contributed by atoms with van der Waals surface area (Å²) >= 11 is 0. The first kappa shape index (κ1) is 15.4. The second-order valence-electron chi connectivity index (χ2n) is 6.33. The van der Waals surface area contributed by atoms with Crippen molar-refractivity contribution < 1.29 is 4.79 Å². The Balaban J connectivity index is 2.37. The highest BCUT2D eigenvalue weighted by Crippen LogP contribution is 2.18. The largest absolute Gasteiger partial charge is 0.301 e. The van der Waals surface area contributed by atoms with E-state index in [-0.39, 0.29) is 5.91 Å². The Morgan fingerprint density at radius 3 is 2.17 bits per heavy atom. The van der Waals surface area contributed by atoms with Crippen molar-refractivity contribution in [2.24, 2.45) is 17.2 Å². The van der Waals surface area contributed by atoms with Crippen LogP contribution in [0.4, 0.5) is 0 Å². The number of nitrogens with two attached hydrogens (primary N) is 1. The Labute approximate surface area is 111 Å². The monoisotopic (exact) mass is 256 g/mol. The lowest BCUT2D eigenvalue weighted by Gasteiger charge is -2.38. The summed E-state index contributed by atoms with van der Waals surface area (Å²) in [6, 6.07) is 0. The summed E-state index contributed by atoms with van der Waals surface area (Å²) in [7, 11) is 0. The summed E-state index contributed by atoms with van der Waals surface area (Å²) in [5.41, 5.74) is 1.83. The van der Waals surface area contributed by atoms with Crippen LogP contribution in [0, 0.1) is 11.3 Å². The molecular formula is C13H28N4O. The Kier molecular flexibility index (Phi) is 5.56. The van der Waals surface area contributed by atoms with Gasteiger partial charge in [0.25, 0.3) is 0 Å². The Morgan fingerprint density at radius 2 is 1.72 bits per heavy atom. The van der Waals surface area contributed by atoms with E-state index in [9.17, 15) is 4.79 Å². The van der Waals surface area contributed by atoms with Gasteiger partial charge in [0.05, 0.1) is 5.41 Å². The topological polar surface area (TPSA) is 61.6 Å². The van der Waals surface area contributed by atoms with E-state index in [1.54, 1.807) is 0 Å². The van der Waals surface area contributed by atoms with Crippen molar-refractivity contribution >= 4 is 5.91 Å². The van der Waals surface area contributed by atoms with Crippen molar-refractivity contribution in [3.8, 4) is 0 Å². The fourth-order valence-electron chi connectivity index (χ4n) is 2.47. The zero-order valence-electron chi connectivity index (χ0n) is 12.2. The highest BCUT2D eigenvalue weighted by Gasteiger charge is 2.30. The van der Waals surface area contributed by atoms with Crippen molar-refractivity contribution in [3.05, 3.63) is 0 Å². The zero-order valence-corrected chi connectivity index (χ0v) is 12.2. The molecule has 0 bridgehead atoms. The van der Waals surface area contributed by atoms with Crippen molar-refractivity contribution in [3.63, 3.8) is 0 Å². The number of rotatable bonds is 5. The molecule has 1 amide bonds. The number of piperazine rings is 1. The van der Waals surface area contributed by atoms with Gasteiger partial charge >= 0.3 is 0 Å². The predicted octanol–water partition coefficient (Wildman–Crippen LogP) is 0.276. The number of nitrogens with one attached hydrogen (secondary N) is 1. The van der Waals surface area contributed by atoms with E-state index in [0.29, 0.717) is 0 Å². The summed E-state index contributed by atoms with van der Waals surface area (Å²) in [5, 5.41) is 0. The lowest BCUT2D eigenvalue weighted by molar-refractivity contribution is -0.130.